The molecule has 8 nitrogen and oxygen atoms in total. The second-order valence-corrected chi connectivity index (χ2v) is 11.4. The Hall–Kier alpha value is -2.34. The number of non-ortho nitro benzene ring substituents is 1. The molecule has 5 rings (SSSR count). The molecule has 0 aliphatic carbocycles. The van der Waals surface area contributed by atoms with Crippen LogP contribution in [0, 0.1) is 15.9 Å². The van der Waals surface area contributed by atoms with E-state index in [0.29, 0.717) is 28.7 Å². The Morgan fingerprint density at radius 1 is 1.28 bits per heavy atom. The van der Waals surface area contributed by atoms with Gasteiger partial charge in [-0.15, -0.1) is 0 Å². The molecule has 0 saturated carbocycles. The summed E-state index contributed by atoms with van der Waals surface area (Å²) < 4.78 is 43.8. The fourth-order valence-electron chi connectivity index (χ4n) is 5.54. The lowest BCUT2D eigenvalue weighted by atomic mass is 9.66. The molecule has 3 aliphatic heterocycles. The molecule has 2 atom stereocenters. The lowest BCUT2D eigenvalue weighted by Crippen LogP contribution is -2.68. The largest absolute Gasteiger partial charge is 0.362 e. The van der Waals surface area contributed by atoms with Gasteiger partial charge in [0, 0.05) is 29.7 Å². The minimum Gasteiger partial charge on any atom is -0.362 e. The predicted molar refractivity (Wildman–Crippen MR) is 120 cm³/mol. The van der Waals surface area contributed by atoms with Crippen LogP contribution in [0.5, 0.6) is 0 Å². The highest BCUT2D eigenvalue weighted by atomic mass is 79.9. The molecule has 0 aromatic heterocycles. The van der Waals surface area contributed by atoms with E-state index >= 15 is 0 Å². The number of nitro groups is 1. The fraction of sp³-hybridized carbons (Fsp3) is 0.333. The first-order valence-corrected chi connectivity index (χ1v) is 12.2. The number of piperidine rings is 1. The van der Waals surface area contributed by atoms with Gasteiger partial charge in [0.2, 0.25) is 10.0 Å². The summed E-state index contributed by atoms with van der Waals surface area (Å²) >= 11 is 3.38. The van der Waals surface area contributed by atoms with Crippen LogP contribution in [-0.2, 0) is 15.4 Å². The normalized spacial score (nSPS) is 27.5. The summed E-state index contributed by atoms with van der Waals surface area (Å²) in [5, 5.41) is 14.3. The molecule has 0 spiro atoms. The van der Waals surface area contributed by atoms with Gasteiger partial charge in [-0.1, -0.05) is 22.5 Å². The number of rotatable bonds is 3. The highest BCUT2D eigenvalue weighted by Crippen LogP contribution is 2.61. The number of sulfonamides is 1. The molecule has 2 fully saturated rings. The van der Waals surface area contributed by atoms with E-state index in [9.17, 15) is 22.9 Å². The van der Waals surface area contributed by atoms with E-state index < -0.39 is 31.8 Å². The maximum atomic E-state index is 14.9. The molecular formula is C21H20BrFN4O4S. The van der Waals surface area contributed by atoms with Crippen molar-refractivity contribution >= 4 is 37.3 Å². The molecule has 0 amide bonds. The monoisotopic (exact) mass is 522 g/mol. The van der Waals surface area contributed by atoms with Gasteiger partial charge in [0.05, 0.1) is 27.5 Å². The number of nitrogens with one attached hydrogen (secondary N) is 1. The van der Waals surface area contributed by atoms with Gasteiger partial charge in [0.15, 0.2) is 0 Å². The zero-order valence-corrected chi connectivity index (χ0v) is 19.5. The Balaban J connectivity index is 1.60. The molecule has 11 heteroatoms. The highest BCUT2D eigenvalue weighted by molar-refractivity contribution is 9.10. The SMILES string of the molecule is C=C1CN(S(=O)(=O)c2ccc([N+](=O)[O-])cc2)CC23Nc4c(F)cc(Br)cc4C12CCN3C. The summed E-state index contributed by atoms with van der Waals surface area (Å²) in [4.78, 5) is 12.4. The summed E-state index contributed by atoms with van der Waals surface area (Å²) in [5.41, 5.74) is 0.126. The van der Waals surface area contributed by atoms with Gasteiger partial charge in [-0.3, -0.25) is 15.0 Å². The summed E-state index contributed by atoms with van der Waals surface area (Å²) in [6.45, 7) is 5.11. The van der Waals surface area contributed by atoms with E-state index in [0.717, 1.165) is 5.56 Å². The van der Waals surface area contributed by atoms with Crippen LogP contribution < -0.4 is 5.32 Å². The van der Waals surface area contributed by atoms with E-state index in [1.54, 1.807) is 0 Å². The minimum absolute atomic E-state index is 0.0371. The number of benzene rings is 2. The Labute approximate surface area is 193 Å². The molecule has 0 radical (unpaired) electrons. The van der Waals surface area contributed by atoms with Crippen molar-refractivity contribution in [2.75, 3.05) is 32.0 Å². The van der Waals surface area contributed by atoms with Gasteiger partial charge in [0.25, 0.3) is 5.69 Å². The molecule has 32 heavy (non-hydrogen) atoms. The van der Waals surface area contributed by atoms with Gasteiger partial charge < -0.3 is 5.32 Å². The van der Waals surface area contributed by atoms with Crippen molar-refractivity contribution in [1.29, 1.82) is 0 Å². The van der Waals surface area contributed by atoms with Crippen molar-refractivity contribution in [1.82, 2.24) is 9.21 Å². The average Bonchev–Trinajstić information content (AvgIpc) is 3.20. The number of nitro benzene ring substituents is 1. The summed E-state index contributed by atoms with van der Waals surface area (Å²) in [7, 11) is -2.08. The van der Waals surface area contributed by atoms with Gasteiger partial charge in [-0.05, 0) is 48.9 Å². The Bertz CT molecular complexity index is 1290. The zero-order valence-electron chi connectivity index (χ0n) is 17.1. The van der Waals surface area contributed by atoms with Crippen molar-refractivity contribution in [2.24, 2.45) is 0 Å². The molecule has 2 unspecified atom stereocenters. The number of hydrogen-bond acceptors (Lipinski definition) is 6. The Kier molecular flexibility index (Phi) is 4.59. The topological polar surface area (TPSA) is 95.8 Å². The third-order valence-corrected chi connectivity index (χ3v) is 9.35. The van der Waals surface area contributed by atoms with E-state index in [1.807, 2.05) is 18.0 Å². The van der Waals surface area contributed by atoms with Gasteiger partial charge in [-0.2, -0.15) is 4.31 Å². The first-order chi connectivity index (χ1) is 15.0. The number of likely N-dealkylation sites (tertiary alicyclic amines) is 1. The Morgan fingerprint density at radius 3 is 2.62 bits per heavy atom. The van der Waals surface area contributed by atoms with Crippen LogP contribution >= 0.6 is 15.9 Å². The van der Waals surface area contributed by atoms with Crippen LogP contribution in [0.1, 0.15) is 12.0 Å². The number of nitrogens with zero attached hydrogens (tertiary/aromatic N) is 3. The predicted octanol–water partition coefficient (Wildman–Crippen LogP) is 3.45. The number of hydrogen-bond donors (Lipinski definition) is 1. The van der Waals surface area contributed by atoms with E-state index in [1.165, 1.54) is 34.6 Å². The lowest BCUT2D eigenvalue weighted by Gasteiger charge is -2.52. The minimum atomic E-state index is -3.97. The van der Waals surface area contributed by atoms with Crippen LogP contribution in [0.2, 0.25) is 0 Å². The highest BCUT2D eigenvalue weighted by Gasteiger charge is 2.68. The van der Waals surface area contributed by atoms with Gasteiger partial charge in [-0.25, -0.2) is 12.8 Å². The molecule has 3 heterocycles. The Morgan fingerprint density at radius 2 is 1.97 bits per heavy atom. The summed E-state index contributed by atoms with van der Waals surface area (Å²) in [6.07, 6.45) is 0.684. The van der Waals surface area contributed by atoms with Crippen LogP contribution in [0.25, 0.3) is 0 Å². The number of anilines is 1. The molecule has 1 N–H and O–H groups in total. The second kappa shape index (κ2) is 6.83. The van der Waals surface area contributed by atoms with Crippen molar-refractivity contribution in [3.8, 4) is 0 Å². The molecule has 2 aromatic carbocycles. The van der Waals surface area contributed by atoms with E-state index in [4.69, 9.17) is 0 Å². The second-order valence-electron chi connectivity index (χ2n) is 8.50. The molecule has 0 bridgehead atoms. The van der Waals surface area contributed by atoms with Crippen molar-refractivity contribution in [2.45, 2.75) is 22.4 Å². The van der Waals surface area contributed by atoms with E-state index in [2.05, 4.69) is 27.8 Å². The number of likely N-dealkylation sites (N-methyl/N-ethyl adjacent to an activating group) is 1. The van der Waals surface area contributed by atoms with Gasteiger partial charge >= 0.3 is 0 Å². The smallest absolute Gasteiger partial charge is 0.269 e. The van der Waals surface area contributed by atoms with Crippen molar-refractivity contribution in [3.63, 3.8) is 0 Å². The number of fused-ring (bicyclic) bond motifs is 1. The maximum absolute atomic E-state index is 14.9. The number of halogens is 2. The average molecular weight is 523 g/mol. The fourth-order valence-corrected chi connectivity index (χ4v) is 7.43. The molecular weight excluding hydrogens is 503 g/mol. The lowest BCUT2D eigenvalue weighted by molar-refractivity contribution is -0.384. The molecule has 2 aromatic rings. The first kappa shape index (κ1) is 21.5. The molecule has 2 saturated heterocycles. The quantitative estimate of drug-likeness (QED) is 0.376. The zero-order chi connectivity index (χ0) is 23.1. The first-order valence-electron chi connectivity index (χ1n) is 9.95. The van der Waals surface area contributed by atoms with Crippen molar-refractivity contribution < 1.29 is 17.7 Å². The summed E-state index contributed by atoms with van der Waals surface area (Å²) in [6, 6.07) is 8.10. The van der Waals surface area contributed by atoms with Crippen LogP contribution in [0.15, 0.2) is 57.9 Å². The van der Waals surface area contributed by atoms with Crippen LogP contribution in [0.3, 0.4) is 0 Å². The van der Waals surface area contributed by atoms with Gasteiger partial charge in [0.1, 0.15) is 11.5 Å². The molecule has 3 aliphatic rings. The molecule has 168 valence electrons. The van der Waals surface area contributed by atoms with Crippen molar-refractivity contribution in [3.05, 3.63) is 74.5 Å². The standard InChI is InChI=1S/C21H20BrFN4O4S/c1-13-11-26(32(30,31)16-5-3-15(4-6-16)27(28)29)12-21-20(13,7-8-25(21)2)17-9-14(22)10-18(23)19(17)24-21/h3-6,9-10,24H,1,7-8,11-12H2,2H3. The maximum Gasteiger partial charge on any atom is 0.269 e. The summed E-state index contributed by atoms with van der Waals surface area (Å²) in [5.74, 6) is -0.407. The third-order valence-electron chi connectivity index (χ3n) is 7.09. The van der Waals surface area contributed by atoms with Crippen LogP contribution in [0.4, 0.5) is 15.8 Å². The van der Waals surface area contributed by atoms with Crippen LogP contribution in [-0.4, -0.2) is 54.9 Å². The third kappa shape index (κ3) is 2.62. The van der Waals surface area contributed by atoms with E-state index in [-0.39, 0.29) is 23.7 Å².